The van der Waals surface area contributed by atoms with Gasteiger partial charge in [-0.2, -0.15) is 0 Å². The van der Waals surface area contributed by atoms with Gasteiger partial charge in [0.15, 0.2) is 0 Å². The van der Waals surface area contributed by atoms with Crippen LogP contribution in [0.3, 0.4) is 0 Å². The number of thiazole rings is 1. The quantitative estimate of drug-likeness (QED) is 0.748. The van der Waals surface area contributed by atoms with Crippen molar-refractivity contribution in [2.75, 3.05) is 11.4 Å². The molecule has 0 N–H and O–H groups in total. The highest BCUT2D eigenvalue weighted by Crippen LogP contribution is 2.29. The van der Waals surface area contributed by atoms with Gasteiger partial charge in [0.05, 0.1) is 23.8 Å². The highest BCUT2D eigenvalue weighted by molar-refractivity contribution is 7.11. The summed E-state index contributed by atoms with van der Waals surface area (Å²) in [5.41, 5.74) is 2.38. The Hall–Kier alpha value is -1.93. The molecule has 3 rings (SSSR count). The first kappa shape index (κ1) is 9.05. The molecule has 0 bridgehead atoms. The molecule has 96 valence electrons. The molecule has 0 unspecified atom stereocenters. The van der Waals surface area contributed by atoms with Gasteiger partial charge in [-0.05, 0) is 25.4 Å². The van der Waals surface area contributed by atoms with Crippen LogP contribution in [-0.4, -0.2) is 16.5 Å². The Balaban J connectivity index is 1.88. The number of pyridine rings is 1. The molecule has 0 radical (unpaired) electrons. The van der Waals surface area contributed by atoms with E-state index in [1.807, 2.05) is 13.0 Å². The van der Waals surface area contributed by atoms with Crippen molar-refractivity contribution in [1.29, 1.82) is 0 Å². The van der Waals surface area contributed by atoms with Crippen molar-refractivity contribution in [3.8, 4) is 0 Å². The summed E-state index contributed by atoms with van der Waals surface area (Å²) >= 11 is 1.26. The van der Waals surface area contributed by atoms with E-state index < -0.39 is 6.85 Å². The number of aryl methyl sites for hydroxylation is 2. The number of fused-ring (bicyclic) bond motifs is 1. The Morgan fingerprint density at radius 1 is 1.58 bits per heavy atom. The fourth-order valence-electron chi connectivity index (χ4n) is 2.32. The van der Waals surface area contributed by atoms with Crippen LogP contribution in [0.5, 0.6) is 0 Å². The van der Waals surface area contributed by atoms with E-state index in [4.69, 9.17) is 10.7 Å². The van der Waals surface area contributed by atoms with Crippen molar-refractivity contribution in [2.24, 2.45) is 0 Å². The van der Waals surface area contributed by atoms with Crippen LogP contribution in [-0.2, 0) is 13.0 Å². The fraction of sp³-hybridized carbons (Fsp3) is 0.357. The summed E-state index contributed by atoms with van der Waals surface area (Å²) < 4.78 is 22.4. The van der Waals surface area contributed by atoms with Gasteiger partial charge in [-0.1, -0.05) is 0 Å². The molecule has 0 saturated heterocycles. The van der Waals surface area contributed by atoms with Crippen LogP contribution in [0.15, 0.2) is 12.3 Å². The molecule has 0 saturated carbocycles. The zero-order chi connectivity index (χ0) is 15.9. The van der Waals surface area contributed by atoms with Crippen molar-refractivity contribution < 1.29 is 4.11 Å². The summed E-state index contributed by atoms with van der Waals surface area (Å²) in [6, 6.07) is 1.82. The Morgan fingerprint density at radius 2 is 2.47 bits per heavy atom. The summed E-state index contributed by atoms with van der Waals surface area (Å²) in [6.45, 7) is 8.19. The smallest absolute Gasteiger partial charge is 0.205 e. The number of rotatable bonds is 1. The first-order valence-electron chi connectivity index (χ1n) is 7.46. The largest absolute Gasteiger partial charge is 0.351 e. The van der Waals surface area contributed by atoms with Crippen LogP contribution in [0.4, 0.5) is 11.5 Å². The van der Waals surface area contributed by atoms with E-state index in [0.29, 0.717) is 18.7 Å². The monoisotopic (exact) mass is 273 g/mol. The minimum atomic E-state index is -2.14. The van der Waals surface area contributed by atoms with Crippen molar-refractivity contribution in [3.63, 3.8) is 0 Å². The minimum Gasteiger partial charge on any atom is -0.351 e. The first-order chi connectivity index (χ1) is 10.4. The van der Waals surface area contributed by atoms with E-state index >= 15 is 0 Å². The van der Waals surface area contributed by atoms with Crippen LogP contribution in [0.2, 0.25) is 0 Å². The maximum Gasteiger partial charge on any atom is 0.205 e. The van der Waals surface area contributed by atoms with Gasteiger partial charge in [-0.3, -0.25) is 4.98 Å². The second kappa shape index (κ2) is 4.63. The first-order valence-corrected chi connectivity index (χ1v) is 6.78. The SMILES string of the molecule is [2H]C([2H])([2H])c1nc2c(s1)CN(c1ncc([N+]#[C-])cc1C)CC2. The van der Waals surface area contributed by atoms with Crippen LogP contribution < -0.4 is 4.90 Å². The molecule has 4 nitrogen and oxygen atoms in total. The van der Waals surface area contributed by atoms with Gasteiger partial charge in [0, 0.05) is 28.2 Å². The Labute approximate surface area is 120 Å². The maximum absolute atomic E-state index is 7.47. The number of hydrogen-bond donors (Lipinski definition) is 0. The lowest BCUT2D eigenvalue weighted by molar-refractivity contribution is 0.715. The van der Waals surface area contributed by atoms with E-state index in [-0.39, 0.29) is 5.01 Å². The molecule has 0 atom stereocenters. The molecule has 2 aromatic rings. The van der Waals surface area contributed by atoms with E-state index in [0.717, 1.165) is 28.5 Å². The van der Waals surface area contributed by atoms with Gasteiger partial charge in [0.1, 0.15) is 5.82 Å². The van der Waals surface area contributed by atoms with Gasteiger partial charge in [0.2, 0.25) is 5.69 Å². The van der Waals surface area contributed by atoms with Gasteiger partial charge in [-0.15, -0.1) is 11.3 Å². The van der Waals surface area contributed by atoms with Crippen LogP contribution in [0, 0.1) is 20.3 Å². The predicted octanol–water partition coefficient (Wildman–Crippen LogP) is 3.27. The van der Waals surface area contributed by atoms with E-state index in [1.54, 1.807) is 6.20 Å². The zero-order valence-corrected chi connectivity index (χ0v) is 11.3. The molecule has 0 amide bonds. The molecular formula is C14H14N4S. The lowest BCUT2D eigenvalue weighted by Crippen LogP contribution is -2.30. The summed E-state index contributed by atoms with van der Waals surface area (Å²) in [6.07, 6.45) is 2.29. The topological polar surface area (TPSA) is 33.4 Å². The lowest BCUT2D eigenvalue weighted by atomic mass is 10.1. The number of nitrogens with zero attached hydrogens (tertiary/aromatic N) is 4. The predicted molar refractivity (Wildman–Crippen MR) is 76.8 cm³/mol. The average molecular weight is 273 g/mol. The minimum absolute atomic E-state index is 0.215. The molecule has 1 aliphatic heterocycles. The van der Waals surface area contributed by atoms with Crippen molar-refractivity contribution in [1.82, 2.24) is 9.97 Å². The molecule has 19 heavy (non-hydrogen) atoms. The van der Waals surface area contributed by atoms with Crippen LogP contribution in [0.1, 0.15) is 25.3 Å². The standard InChI is InChI=1S/C14H14N4S/c1-9-6-11(15-3)7-16-14(9)18-5-4-12-13(8-18)19-10(2)17-12/h6-7H,4-5,8H2,1-2H3/i2D3. The van der Waals surface area contributed by atoms with E-state index in [2.05, 4.69) is 19.7 Å². The Kier molecular flexibility index (Phi) is 2.21. The number of hydrogen-bond acceptors (Lipinski definition) is 4. The molecule has 5 heteroatoms. The summed E-state index contributed by atoms with van der Waals surface area (Å²) in [5.74, 6) is 0.849. The average Bonchev–Trinajstić information content (AvgIpc) is 2.90. The molecule has 2 aromatic heterocycles. The third-order valence-electron chi connectivity index (χ3n) is 3.20. The third-order valence-corrected chi connectivity index (χ3v) is 4.09. The molecular weight excluding hydrogens is 256 g/mol. The molecule has 1 aliphatic rings. The third kappa shape index (κ3) is 2.20. The number of aromatic nitrogens is 2. The van der Waals surface area contributed by atoms with Crippen LogP contribution in [0.25, 0.3) is 4.85 Å². The molecule has 0 fully saturated rings. The lowest BCUT2D eigenvalue weighted by Gasteiger charge is -2.28. The van der Waals surface area contributed by atoms with Gasteiger partial charge in [-0.25, -0.2) is 9.83 Å². The second-order valence-corrected chi connectivity index (χ2v) is 5.59. The van der Waals surface area contributed by atoms with Gasteiger partial charge >= 0.3 is 0 Å². The maximum atomic E-state index is 7.47. The zero-order valence-electron chi connectivity index (χ0n) is 13.5. The van der Waals surface area contributed by atoms with Crippen LogP contribution >= 0.6 is 11.3 Å². The highest BCUT2D eigenvalue weighted by atomic mass is 32.1. The molecule has 0 spiro atoms. The second-order valence-electron chi connectivity index (χ2n) is 4.51. The van der Waals surface area contributed by atoms with Crippen molar-refractivity contribution in [2.45, 2.75) is 26.7 Å². The summed E-state index contributed by atoms with van der Waals surface area (Å²) in [4.78, 5) is 15.1. The van der Waals surface area contributed by atoms with Crippen molar-refractivity contribution >= 4 is 22.8 Å². The molecule has 0 aliphatic carbocycles. The van der Waals surface area contributed by atoms with Crippen molar-refractivity contribution in [3.05, 3.63) is 44.8 Å². The molecule has 3 heterocycles. The summed E-state index contributed by atoms with van der Waals surface area (Å²) in [7, 11) is 0. The Morgan fingerprint density at radius 3 is 3.21 bits per heavy atom. The summed E-state index contributed by atoms with van der Waals surface area (Å²) in [5, 5.41) is 0.215. The Bertz CT molecular complexity index is 760. The normalized spacial score (nSPS) is 17.1. The fourth-order valence-corrected chi connectivity index (χ4v) is 3.20. The van der Waals surface area contributed by atoms with E-state index in [1.165, 1.54) is 11.3 Å². The van der Waals surface area contributed by atoms with Gasteiger partial charge < -0.3 is 4.90 Å². The highest BCUT2D eigenvalue weighted by Gasteiger charge is 2.21. The molecule has 0 aromatic carbocycles. The van der Waals surface area contributed by atoms with E-state index in [9.17, 15) is 0 Å². The number of anilines is 1. The van der Waals surface area contributed by atoms with Gasteiger partial charge in [0.25, 0.3) is 0 Å².